The summed E-state index contributed by atoms with van der Waals surface area (Å²) in [6.45, 7) is 3.39. The van der Waals surface area contributed by atoms with Gasteiger partial charge in [0.1, 0.15) is 12.1 Å². The van der Waals surface area contributed by atoms with Crippen molar-refractivity contribution in [1.82, 2.24) is 4.57 Å². The Bertz CT molecular complexity index is 948. The Labute approximate surface area is 128 Å². The Morgan fingerprint density at radius 1 is 1.05 bits per heavy atom. The van der Waals surface area contributed by atoms with Crippen molar-refractivity contribution in [2.75, 3.05) is 0 Å². The number of aliphatic imine (C=N–C) groups is 1. The van der Waals surface area contributed by atoms with Crippen LogP contribution in [0.2, 0.25) is 0 Å². The molecule has 0 atom stereocenters. The molecule has 0 aliphatic rings. The summed E-state index contributed by atoms with van der Waals surface area (Å²) in [6.07, 6.45) is 0. The molecule has 0 unspecified atom stereocenters. The van der Waals surface area contributed by atoms with E-state index in [-0.39, 0.29) is 5.71 Å². The van der Waals surface area contributed by atoms with Gasteiger partial charge in [0.15, 0.2) is 0 Å². The molecule has 1 heterocycles. The Hall–Kier alpha value is -3.11. The highest BCUT2D eigenvalue weighted by atomic mass is 15.0. The first-order valence-electron chi connectivity index (χ1n) is 7.13. The molecule has 0 spiro atoms. The van der Waals surface area contributed by atoms with Crippen LogP contribution in [0.25, 0.3) is 21.8 Å². The number of nitrogens with zero attached hydrogens (tertiary/aromatic N) is 4. The summed E-state index contributed by atoms with van der Waals surface area (Å²) in [7, 11) is 0. The molecule has 0 radical (unpaired) electrons. The van der Waals surface area contributed by atoms with Crippen molar-refractivity contribution in [1.29, 1.82) is 10.5 Å². The molecule has 0 fully saturated rings. The van der Waals surface area contributed by atoms with Crippen molar-refractivity contribution in [3.8, 4) is 12.1 Å². The number of para-hydroxylation sites is 1. The van der Waals surface area contributed by atoms with E-state index < -0.39 is 0 Å². The summed E-state index contributed by atoms with van der Waals surface area (Å²) >= 11 is 0. The smallest absolute Gasteiger partial charge is 0.213 e. The second kappa shape index (κ2) is 5.71. The second-order valence-corrected chi connectivity index (χ2v) is 5.00. The van der Waals surface area contributed by atoms with Crippen LogP contribution < -0.4 is 0 Å². The van der Waals surface area contributed by atoms with Crippen molar-refractivity contribution in [3.63, 3.8) is 0 Å². The predicted molar refractivity (Wildman–Crippen MR) is 87.5 cm³/mol. The van der Waals surface area contributed by atoms with Gasteiger partial charge in [-0.3, -0.25) is 4.99 Å². The Kier molecular flexibility index (Phi) is 3.60. The number of aryl methyl sites for hydroxylation is 1. The van der Waals surface area contributed by atoms with Gasteiger partial charge in [-0.05, 0) is 30.7 Å². The average Bonchev–Trinajstić information content (AvgIpc) is 2.89. The fourth-order valence-electron chi connectivity index (χ4n) is 2.81. The van der Waals surface area contributed by atoms with E-state index in [0.29, 0.717) is 6.54 Å². The third-order valence-corrected chi connectivity index (χ3v) is 3.78. The summed E-state index contributed by atoms with van der Waals surface area (Å²) in [5, 5.41) is 19.9. The summed E-state index contributed by atoms with van der Waals surface area (Å²) < 4.78 is 2.29. The first-order chi connectivity index (χ1) is 10.8. The van der Waals surface area contributed by atoms with Crippen LogP contribution in [-0.2, 0) is 13.1 Å². The van der Waals surface area contributed by atoms with E-state index >= 15 is 0 Å². The maximum absolute atomic E-state index is 8.75. The fraction of sp³-hybridized carbons (Fsp3) is 0.167. The molecular weight excluding hydrogens is 272 g/mol. The minimum Gasteiger partial charge on any atom is -0.341 e. The maximum atomic E-state index is 8.75. The van der Waals surface area contributed by atoms with Crippen LogP contribution in [0.4, 0.5) is 0 Å². The number of benzene rings is 2. The highest BCUT2D eigenvalue weighted by molar-refractivity contribution is 6.10. The molecule has 0 saturated carbocycles. The van der Waals surface area contributed by atoms with Crippen molar-refractivity contribution in [2.24, 2.45) is 4.99 Å². The van der Waals surface area contributed by atoms with Crippen molar-refractivity contribution >= 4 is 27.5 Å². The number of aromatic nitrogens is 1. The van der Waals surface area contributed by atoms with E-state index in [4.69, 9.17) is 10.5 Å². The Morgan fingerprint density at radius 2 is 1.77 bits per heavy atom. The highest BCUT2D eigenvalue weighted by Crippen LogP contribution is 2.29. The van der Waals surface area contributed by atoms with Gasteiger partial charge in [0.25, 0.3) is 0 Å². The third kappa shape index (κ3) is 2.21. The molecule has 3 aromatic rings. The summed E-state index contributed by atoms with van der Waals surface area (Å²) in [4.78, 5) is 4.03. The lowest BCUT2D eigenvalue weighted by molar-refractivity contribution is 0.827. The number of nitriles is 2. The van der Waals surface area contributed by atoms with Crippen molar-refractivity contribution in [3.05, 3.63) is 48.0 Å². The zero-order valence-corrected chi connectivity index (χ0v) is 12.2. The first kappa shape index (κ1) is 13.9. The van der Waals surface area contributed by atoms with Gasteiger partial charge in [-0.25, -0.2) is 0 Å². The van der Waals surface area contributed by atoms with E-state index in [9.17, 15) is 0 Å². The minimum absolute atomic E-state index is 0.0870. The maximum Gasteiger partial charge on any atom is 0.213 e. The molecule has 3 rings (SSSR count). The minimum atomic E-state index is -0.0870. The molecule has 0 saturated heterocycles. The van der Waals surface area contributed by atoms with Crippen molar-refractivity contribution < 1.29 is 0 Å². The van der Waals surface area contributed by atoms with Gasteiger partial charge in [0.05, 0.1) is 6.54 Å². The molecule has 4 nitrogen and oxygen atoms in total. The van der Waals surface area contributed by atoms with Crippen LogP contribution in [0, 0.1) is 22.7 Å². The Morgan fingerprint density at radius 3 is 2.50 bits per heavy atom. The Balaban J connectivity index is 2.15. The molecule has 1 aromatic heterocycles. The second-order valence-electron chi connectivity index (χ2n) is 5.00. The summed E-state index contributed by atoms with van der Waals surface area (Å²) in [5.74, 6) is 0. The van der Waals surface area contributed by atoms with E-state index in [2.05, 4.69) is 40.7 Å². The quantitative estimate of drug-likeness (QED) is 0.687. The molecule has 0 aliphatic carbocycles. The van der Waals surface area contributed by atoms with Gasteiger partial charge < -0.3 is 4.57 Å². The fourth-order valence-corrected chi connectivity index (χ4v) is 2.81. The summed E-state index contributed by atoms with van der Waals surface area (Å²) in [6, 6.07) is 18.1. The van der Waals surface area contributed by atoms with Crippen LogP contribution in [0.3, 0.4) is 0 Å². The van der Waals surface area contributed by atoms with Crippen LogP contribution in [0.5, 0.6) is 0 Å². The molecular formula is C18H14N4. The number of rotatable bonds is 3. The summed E-state index contributed by atoms with van der Waals surface area (Å²) in [5.41, 5.74) is 3.32. The standard InChI is InChI=1S/C18H14N4/c1-2-22-17-6-4-3-5-15(17)16-9-13(7-8-18(16)22)12-21-14(10-19)11-20/h3-9H,2,12H2,1H3. The highest BCUT2D eigenvalue weighted by Gasteiger charge is 2.09. The number of hydrogen-bond donors (Lipinski definition) is 0. The number of fused-ring (bicyclic) bond motifs is 3. The lowest BCUT2D eigenvalue weighted by atomic mass is 10.1. The third-order valence-electron chi connectivity index (χ3n) is 3.78. The van der Waals surface area contributed by atoms with Crippen LogP contribution >= 0.6 is 0 Å². The zero-order chi connectivity index (χ0) is 15.5. The van der Waals surface area contributed by atoms with Crippen LogP contribution in [0.1, 0.15) is 12.5 Å². The van der Waals surface area contributed by atoms with Crippen LogP contribution in [0.15, 0.2) is 47.5 Å². The van der Waals surface area contributed by atoms with Gasteiger partial charge in [-0.15, -0.1) is 0 Å². The molecule has 106 valence electrons. The molecule has 0 aliphatic heterocycles. The molecule has 4 heteroatoms. The van der Waals surface area contributed by atoms with Gasteiger partial charge in [-0.2, -0.15) is 10.5 Å². The normalized spacial score (nSPS) is 10.3. The monoisotopic (exact) mass is 286 g/mol. The van der Waals surface area contributed by atoms with Crippen LogP contribution in [-0.4, -0.2) is 10.3 Å². The SMILES string of the molecule is CCn1c2ccccc2c2cc(CN=C(C#N)C#N)ccc21. The van der Waals surface area contributed by atoms with E-state index in [1.165, 1.54) is 21.8 Å². The topological polar surface area (TPSA) is 64.9 Å². The van der Waals surface area contributed by atoms with E-state index in [0.717, 1.165) is 12.1 Å². The first-order valence-corrected chi connectivity index (χ1v) is 7.13. The lowest BCUT2D eigenvalue weighted by Crippen LogP contribution is -1.93. The molecule has 0 N–H and O–H groups in total. The molecule has 22 heavy (non-hydrogen) atoms. The van der Waals surface area contributed by atoms with Gasteiger partial charge >= 0.3 is 0 Å². The molecule has 0 amide bonds. The van der Waals surface area contributed by atoms with Gasteiger partial charge in [0, 0.05) is 28.4 Å². The predicted octanol–water partition coefficient (Wildman–Crippen LogP) is 3.80. The zero-order valence-electron chi connectivity index (χ0n) is 12.2. The van der Waals surface area contributed by atoms with Crippen molar-refractivity contribution in [2.45, 2.75) is 20.0 Å². The molecule has 0 bridgehead atoms. The average molecular weight is 286 g/mol. The largest absolute Gasteiger partial charge is 0.341 e. The lowest BCUT2D eigenvalue weighted by Gasteiger charge is -2.03. The molecule has 2 aromatic carbocycles. The van der Waals surface area contributed by atoms with E-state index in [1.54, 1.807) is 12.1 Å². The van der Waals surface area contributed by atoms with Gasteiger partial charge in [-0.1, -0.05) is 24.3 Å². The van der Waals surface area contributed by atoms with E-state index in [1.807, 2.05) is 18.2 Å². The van der Waals surface area contributed by atoms with Gasteiger partial charge in [0.2, 0.25) is 5.71 Å². The number of hydrogen-bond acceptors (Lipinski definition) is 3.